The molecule has 0 spiro atoms. The van der Waals surface area contributed by atoms with Crippen LogP contribution in [0.3, 0.4) is 0 Å². The van der Waals surface area contributed by atoms with Crippen molar-refractivity contribution in [2.24, 2.45) is 0 Å². The second kappa shape index (κ2) is 5.57. The largest absolute Gasteiger partial charge is 0.311 e. The molecule has 108 valence electrons. The molecular weight excluding hydrogens is 248 g/mol. The van der Waals surface area contributed by atoms with Crippen LogP contribution >= 0.6 is 0 Å². The van der Waals surface area contributed by atoms with E-state index in [-0.39, 0.29) is 6.04 Å². The second-order valence-corrected chi connectivity index (χ2v) is 6.24. The lowest BCUT2D eigenvalue weighted by Crippen LogP contribution is -2.44. The zero-order chi connectivity index (χ0) is 14.1. The third kappa shape index (κ3) is 2.59. The van der Waals surface area contributed by atoms with Gasteiger partial charge in [0.15, 0.2) is 0 Å². The summed E-state index contributed by atoms with van der Waals surface area (Å²) in [4.78, 5) is 17.1. The average Bonchev–Trinajstić information content (AvgIpc) is 2.80. The summed E-state index contributed by atoms with van der Waals surface area (Å²) in [7, 11) is 0. The van der Waals surface area contributed by atoms with E-state index in [1.54, 1.807) is 0 Å². The normalized spacial score (nSPS) is 24.4. The van der Waals surface area contributed by atoms with Gasteiger partial charge < -0.3 is 4.90 Å². The first kappa shape index (κ1) is 13.6. The van der Waals surface area contributed by atoms with E-state index in [1.807, 2.05) is 4.90 Å². The molecule has 2 fully saturated rings. The number of aryl methyl sites for hydroxylation is 2. The lowest BCUT2D eigenvalue weighted by Gasteiger charge is -2.31. The van der Waals surface area contributed by atoms with Gasteiger partial charge in [0.1, 0.15) is 0 Å². The fourth-order valence-corrected chi connectivity index (χ4v) is 3.60. The Morgan fingerprint density at radius 2 is 1.60 bits per heavy atom. The van der Waals surface area contributed by atoms with E-state index in [0.29, 0.717) is 5.91 Å². The number of carbonyl (C=O) groups excluding carboxylic acids is 1. The molecule has 3 rings (SSSR count). The number of benzene rings is 1. The quantitative estimate of drug-likeness (QED) is 0.826. The summed E-state index contributed by atoms with van der Waals surface area (Å²) in [6, 6.07) is 6.54. The van der Waals surface area contributed by atoms with Crippen LogP contribution in [-0.4, -0.2) is 36.5 Å². The molecule has 2 heterocycles. The van der Waals surface area contributed by atoms with E-state index >= 15 is 0 Å². The Kier molecular flexibility index (Phi) is 3.79. The molecule has 0 saturated carbocycles. The first-order valence-electron chi connectivity index (χ1n) is 7.79. The first-order chi connectivity index (χ1) is 9.65. The Hall–Kier alpha value is -1.35. The van der Waals surface area contributed by atoms with Gasteiger partial charge in [0.2, 0.25) is 5.91 Å². The number of hydrogen-bond acceptors (Lipinski definition) is 2. The van der Waals surface area contributed by atoms with Crippen molar-refractivity contribution in [3.05, 3.63) is 29.3 Å². The summed E-state index contributed by atoms with van der Waals surface area (Å²) >= 11 is 0. The molecule has 0 N–H and O–H groups in total. The molecule has 0 aromatic heterocycles. The lowest BCUT2D eigenvalue weighted by molar-refractivity contribution is -0.122. The van der Waals surface area contributed by atoms with Gasteiger partial charge in [-0.2, -0.15) is 0 Å². The van der Waals surface area contributed by atoms with Crippen LogP contribution in [0.15, 0.2) is 18.2 Å². The van der Waals surface area contributed by atoms with Crippen LogP contribution in [0.5, 0.6) is 0 Å². The smallest absolute Gasteiger partial charge is 0.244 e. The molecule has 2 aliphatic rings. The van der Waals surface area contributed by atoms with E-state index in [1.165, 1.54) is 30.4 Å². The van der Waals surface area contributed by atoms with Gasteiger partial charge in [0.05, 0.1) is 6.04 Å². The summed E-state index contributed by atoms with van der Waals surface area (Å²) < 4.78 is 0. The van der Waals surface area contributed by atoms with E-state index in [4.69, 9.17) is 0 Å². The van der Waals surface area contributed by atoms with Crippen molar-refractivity contribution in [1.29, 1.82) is 0 Å². The Morgan fingerprint density at radius 3 is 2.25 bits per heavy atom. The molecule has 1 amide bonds. The SMILES string of the molecule is Cc1cc(C)cc(N2CCC(N3CCCCC3)C2=O)c1. The highest BCUT2D eigenvalue weighted by atomic mass is 16.2. The number of piperidine rings is 1. The van der Waals surface area contributed by atoms with E-state index in [0.717, 1.165) is 31.7 Å². The molecule has 1 aromatic carbocycles. The maximum atomic E-state index is 12.7. The van der Waals surface area contributed by atoms with Crippen LogP contribution in [0.1, 0.15) is 36.8 Å². The van der Waals surface area contributed by atoms with Gasteiger partial charge in [-0.1, -0.05) is 12.5 Å². The number of rotatable bonds is 2. The number of nitrogens with zero attached hydrogens (tertiary/aromatic N) is 2. The Bertz CT molecular complexity index is 485. The summed E-state index contributed by atoms with van der Waals surface area (Å²) in [6.45, 7) is 7.25. The van der Waals surface area contributed by atoms with Crippen molar-refractivity contribution < 1.29 is 4.79 Å². The molecule has 1 atom stereocenters. The molecular formula is C17H24N2O. The minimum atomic E-state index is 0.121. The summed E-state index contributed by atoms with van der Waals surface area (Å²) in [5, 5.41) is 0. The van der Waals surface area contributed by atoms with Crippen LogP contribution in [0.2, 0.25) is 0 Å². The van der Waals surface area contributed by atoms with Crippen molar-refractivity contribution in [3.63, 3.8) is 0 Å². The number of anilines is 1. The molecule has 3 nitrogen and oxygen atoms in total. The molecule has 1 aromatic rings. The van der Waals surface area contributed by atoms with Crippen LogP contribution in [-0.2, 0) is 4.79 Å². The number of hydrogen-bond donors (Lipinski definition) is 0. The highest BCUT2D eigenvalue weighted by Gasteiger charge is 2.36. The lowest BCUT2D eigenvalue weighted by atomic mass is 10.1. The predicted octanol–water partition coefficient (Wildman–Crippen LogP) is 2.89. The molecule has 0 aliphatic carbocycles. The molecule has 2 aliphatic heterocycles. The van der Waals surface area contributed by atoms with E-state index in [2.05, 4.69) is 36.9 Å². The van der Waals surface area contributed by atoms with Crippen molar-refractivity contribution in [2.45, 2.75) is 45.6 Å². The molecule has 1 unspecified atom stereocenters. The fraction of sp³-hybridized carbons (Fsp3) is 0.588. The van der Waals surface area contributed by atoms with Crippen LogP contribution in [0.25, 0.3) is 0 Å². The molecule has 3 heteroatoms. The first-order valence-corrected chi connectivity index (χ1v) is 7.79. The second-order valence-electron chi connectivity index (χ2n) is 6.24. The van der Waals surface area contributed by atoms with Gasteiger partial charge in [-0.05, 0) is 69.5 Å². The fourth-order valence-electron chi connectivity index (χ4n) is 3.60. The maximum Gasteiger partial charge on any atom is 0.244 e. The summed E-state index contributed by atoms with van der Waals surface area (Å²) in [5.74, 6) is 0.303. The van der Waals surface area contributed by atoms with Crippen LogP contribution in [0, 0.1) is 13.8 Å². The minimum absolute atomic E-state index is 0.121. The highest BCUT2D eigenvalue weighted by molar-refractivity contribution is 5.99. The third-order valence-corrected chi connectivity index (χ3v) is 4.53. The van der Waals surface area contributed by atoms with Crippen LogP contribution in [0.4, 0.5) is 5.69 Å². The maximum absolute atomic E-state index is 12.7. The third-order valence-electron chi connectivity index (χ3n) is 4.53. The van der Waals surface area contributed by atoms with E-state index < -0.39 is 0 Å². The number of carbonyl (C=O) groups is 1. The Balaban J connectivity index is 1.77. The van der Waals surface area contributed by atoms with Gasteiger partial charge in [0.25, 0.3) is 0 Å². The van der Waals surface area contributed by atoms with Crippen molar-refractivity contribution >= 4 is 11.6 Å². The van der Waals surface area contributed by atoms with Crippen molar-refractivity contribution in [3.8, 4) is 0 Å². The van der Waals surface area contributed by atoms with Gasteiger partial charge in [-0.25, -0.2) is 0 Å². The topological polar surface area (TPSA) is 23.6 Å². The van der Waals surface area contributed by atoms with Crippen LogP contribution < -0.4 is 4.90 Å². The highest BCUT2D eigenvalue weighted by Crippen LogP contribution is 2.27. The zero-order valence-electron chi connectivity index (χ0n) is 12.6. The monoisotopic (exact) mass is 272 g/mol. The van der Waals surface area contributed by atoms with Crippen molar-refractivity contribution in [1.82, 2.24) is 4.90 Å². The minimum Gasteiger partial charge on any atom is -0.311 e. The summed E-state index contributed by atoms with van der Waals surface area (Å²) in [6.07, 6.45) is 4.78. The van der Waals surface area contributed by atoms with Gasteiger partial charge in [-0.3, -0.25) is 9.69 Å². The van der Waals surface area contributed by atoms with E-state index in [9.17, 15) is 4.79 Å². The Morgan fingerprint density at radius 1 is 0.950 bits per heavy atom. The van der Waals surface area contributed by atoms with Gasteiger partial charge >= 0.3 is 0 Å². The van der Waals surface area contributed by atoms with Gasteiger partial charge in [-0.15, -0.1) is 0 Å². The van der Waals surface area contributed by atoms with Crippen molar-refractivity contribution in [2.75, 3.05) is 24.5 Å². The van der Waals surface area contributed by atoms with Gasteiger partial charge in [0, 0.05) is 12.2 Å². The molecule has 20 heavy (non-hydrogen) atoms. The predicted molar refractivity (Wildman–Crippen MR) is 82.1 cm³/mol. The number of amides is 1. The molecule has 0 bridgehead atoms. The zero-order valence-corrected chi connectivity index (χ0v) is 12.6. The molecule has 0 radical (unpaired) electrons. The Labute approximate surface area is 121 Å². The average molecular weight is 272 g/mol. The molecule has 2 saturated heterocycles. The standard InChI is InChI=1S/C17H24N2O/c1-13-10-14(2)12-15(11-13)19-9-6-16(17(19)20)18-7-4-3-5-8-18/h10-12,16H,3-9H2,1-2H3. The number of likely N-dealkylation sites (tertiary alicyclic amines) is 1. The summed E-state index contributed by atoms with van der Waals surface area (Å²) in [5.41, 5.74) is 3.54.